The quantitative estimate of drug-likeness (QED) is 0.669. The molecule has 4 aliphatic carbocycles. The van der Waals surface area contributed by atoms with Crippen LogP contribution in [0, 0.1) is 29.1 Å². The van der Waals surface area contributed by atoms with Gasteiger partial charge in [0.2, 0.25) is 11.8 Å². The molecule has 0 aromatic heterocycles. The van der Waals surface area contributed by atoms with Crippen LogP contribution in [0.2, 0.25) is 0 Å². The number of carbonyl (C=O) groups is 2. The average Bonchev–Trinajstić information content (AvgIpc) is 2.51. The molecule has 4 fully saturated rings. The van der Waals surface area contributed by atoms with Gasteiger partial charge in [0.1, 0.15) is 0 Å². The second kappa shape index (κ2) is 7.45. The van der Waals surface area contributed by atoms with Crippen molar-refractivity contribution in [2.45, 2.75) is 71.6 Å². The van der Waals surface area contributed by atoms with Crippen LogP contribution >= 0.6 is 0 Å². The van der Waals surface area contributed by atoms with E-state index in [1.54, 1.807) is 0 Å². The molecule has 0 aromatic rings. The number of nitrogens with one attached hydrogen (secondary N) is 2. The van der Waals surface area contributed by atoms with E-state index in [-0.39, 0.29) is 17.7 Å². The third-order valence-electron chi connectivity index (χ3n) is 6.80. The molecule has 0 unspecified atom stereocenters. The van der Waals surface area contributed by atoms with Gasteiger partial charge in [-0.15, -0.1) is 0 Å². The molecule has 2 N–H and O–H groups in total. The van der Waals surface area contributed by atoms with Crippen LogP contribution in [0.5, 0.6) is 0 Å². The van der Waals surface area contributed by atoms with E-state index in [9.17, 15) is 9.59 Å². The van der Waals surface area contributed by atoms with Crippen molar-refractivity contribution in [1.29, 1.82) is 0 Å². The number of hydrogen-bond acceptors (Lipinski definition) is 2. The average molecular weight is 335 g/mol. The molecule has 4 bridgehead atoms. The normalized spacial score (nSPS) is 33.7. The summed E-state index contributed by atoms with van der Waals surface area (Å²) in [7, 11) is 0. The zero-order valence-electron chi connectivity index (χ0n) is 15.4. The molecule has 4 nitrogen and oxygen atoms in total. The number of rotatable bonds is 8. The molecule has 136 valence electrons. The summed E-state index contributed by atoms with van der Waals surface area (Å²) < 4.78 is 0. The second-order valence-corrected chi connectivity index (χ2v) is 8.75. The van der Waals surface area contributed by atoms with Crippen LogP contribution < -0.4 is 10.6 Å². The molecule has 4 aliphatic rings. The molecule has 0 aromatic carbocycles. The van der Waals surface area contributed by atoms with E-state index in [1.165, 1.54) is 38.5 Å². The Labute approximate surface area is 146 Å². The Balaban J connectivity index is 1.38. The van der Waals surface area contributed by atoms with E-state index in [1.807, 2.05) is 13.8 Å². The van der Waals surface area contributed by atoms with Gasteiger partial charge in [-0.1, -0.05) is 13.8 Å². The van der Waals surface area contributed by atoms with Crippen LogP contribution in [0.15, 0.2) is 0 Å². The lowest BCUT2D eigenvalue weighted by molar-refractivity contribution is -0.130. The van der Waals surface area contributed by atoms with Crippen molar-refractivity contribution in [2.24, 2.45) is 29.1 Å². The fourth-order valence-corrected chi connectivity index (χ4v) is 6.10. The van der Waals surface area contributed by atoms with E-state index < -0.39 is 0 Å². The summed E-state index contributed by atoms with van der Waals surface area (Å²) in [6, 6.07) is 0. The van der Waals surface area contributed by atoms with Crippen LogP contribution in [0.25, 0.3) is 0 Å². The summed E-state index contributed by atoms with van der Waals surface area (Å²) >= 11 is 0. The molecule has 4 saturated carbocycles. The zero-order chi connectivity index (χ0) is 17.2. The monoisotopic (exact) mass is 334 g/mol. The van der Waals surface area contributed by atoms with Crippen LogP contribution in [-0.4, -0.2) is 24.9 Å². The highest BCUT2D eigenvalue weighted by Gasteiger charge is 2.51. The Morgan fingerprint density at radius 1 is 0.917 bits per heavy atom. The molecule has 0 aliphatic heterocycles. The Bertz CT molecular complexity index is 435. The van der Waals surface area contributed by atoms with Crippen molar-refractivity contribution < 1.29 is 9.59 Å². The second-order valence-electron chi connectivity index (χ2n) is 8.75. The SMILES string of the molecule is CCC(CC)C(=O)NCCNC(=O)CC12CC3CC(CC(C3)C1)C2. The van der Waals surface area contributed by atoms with Crippen LogP contribution in [0.4, 0.5) is 0 Å². The Morgan fingerprint density at radius 2 is 1.42 bits per heavy atom. The maximum Gasteiger partial charge on any atom is 0.223 e. The summed E-state index contributed by atoms with van der Waals surface area (Å²) in [6.45, 7) is 5.18. The predicted molar refractivity (Wildman–Crippen MR) is 95.3 cm³/mol. The van der Waals surface area contributed by atoms with Gasteiger partial charge in [-0.05, 0) is 74.5 Å². The van der Waals surface area contributed by atoms with Crippen molar-refractivity contribution in [3.8, 4) is 0 Å². The highest BCUT2D eigenvalue weighted by atomic mass is 16.2. The van der Waals surface area contributed by atoms with E-state index in [0.717, 1.165) is 30.6 Å². The summed E-state index contributed by atoms with van der Waals surface area (Å²) in [6.07, 6.45) is 10.5. The lowest BCUT2D eigenvalue weighted by Crippen LogP contribution is -2.48. The number of carbonyl (C=O) groups excluding carboxylic acids is 2. The van der Waals surface area contributed by atoms with Gasteiger partial charge in [0.25, 0.3) is 0 Å². The maximum absolute atomic E-state index is 12.4. The first kappa shape index (κ1) is 17.8. The highest BCUT2D eigenvalue weighted by molar-refractivity contribution is 5.79. The largest absolute Gasteiger partial charge is 0.354 e. The van der Waals surface area contributed by atoms with E-state index >= 15 is 0 Å². The first-order chi connectivity index (χ1) is 11.5. The molecule has 24 heavy (non-hydrogen) atoms. The van der Waals surface area contributed by atoms with Crippen LogP contribution in [-0.2, 0) is 9.59 Å². The van der Waals surface area contributed by atoms with Gasteiger partial charge in [-0.25, -0.2) is 0 Å². The third kappa shape index (κ3) is 3.94. The van der Waals surface area contributed by atoms with Gasteiger partial charge in [-0.2, -0.15) is 0 Å². The van der Waals surface area contributed by atoms with Gasteiger partial charge < -0.3 is 10.6 Å². The molecule has 0 saturated heterocycles. The Morgan fingerprint density at radius 3 is 1.92 bits per heavy atom. The standard InChI is InChI=1S/C20H34N2O2/c1-3-17(4-2)19(24)22-6-5-21-18(23)13-20-10-14-7-15(11-20)9-16(8-14)12-20/h14-17H,3-13H2,1-2H3,(H,21,23)(H,22,24). The number of hydrogen-bond donors (Lipinski definition) is 2. The maximum atomic E-state index is 12.4. The Hall–Kier alpha value is -1.06. The molecule has 0 heterocycles. The molecular formula is C20H34N2O2. The topological polar surface area (TPSA) is 58.2 Å². The first-order valence-corrected chi connectivity index (χ1v) is 10.1. The first-order valence-electron chi connectivity index (χ1n) is 10.1. The summed E-state index contributed by atoms with van der Waals surface area (Å²) in [5.41, 5.74) is 0.303. The molecule has 0 atom stereocenters. The summed E-state index contributed by atoms with van der Waals surface area (Å²) in [5.74, 6) is 3.09. The minimum Gasteiger partial charge on any atom is -0.354 e. The van der Waals surface area contributed by atoms with Crippen LogP contribution in [0.1, 0.15) is 71.6 Å². The molecule has 0 radical (unpaired) electrons. The van der Waals surface area contributed by atoms with Gasteiger partial charge in [-0.3, -0.25) is 9.59 Å². The van der Waals surface area contributed by atoms with Gasteiger partial charge in [0.05, 0.1) is 0 Å². The minimum atomic E-state index is 0.104. The van der Waals surface area contributed by atoms with Crippen molar-refractivity contribution in [3.05, 3.63) is 0 Å². The molecule has 0 spiro atoms. The van der Waals surface area contributed by atoms with Crippen LogP contribution in [0.3, 0.4) is 0 Å². The Kier molecular flexibility index (Phi) is 5.51. The molecular weight excluding hydrogens is 300 g/mol. The lowest BCUT2D eigenvalue weighted by atomic mass is 9.49. The van der Waals surface area contributed by atoms with Crippen molar-refractivity contribution in [1.82, 2.24) is 10.6 Å². The van der Waals surface area contributed by atoms with Gasteiger partial charge >= 0.3 is 0 Å². The third-order valence-corrected chi connectivity index (χ3v) is 6.80. The fraction of sp³-hybridized carbons (Fsp3) is 0.900. The van der Waals surface area contributed by atoms with Crippen molar-refractivity contribution in [2.75, 3.05) is 13.1 Å². The summed E-state index contributed by atoms with van der Waals surface area (Å²) in [4.78, 5) is 24.3. The van der Waals surface area contributed by atoms with Gasteiger partial charge in [0, 0.05) is 25.4 Å². The predicted octanol–water partition coefficient (Wildman–Crippen LogP) is 3.26. The zero-order valence-corrected chi connectivity index (χ0v) is 15.4. The smallest absolute Gasteiger partial charge is 0.223 e. The van der Waals surface area contributed by atoms with Crippen molar-refractivity contribution in [3.63, 3.8) is 0 Å². The molecule has 4 heteroatoms. The fourth-order valence-electron chi connectivity index (χ4n) is 6.10. The van der Waals surface area contributed by atoms with E-state index in [4.69, 9.17) is 0 Å². The minimum absolute atomic E-state index is 0.104. The van der Waals surface area contributed by atoms with E-state index in [0.29, 0.717) is 24.9 Å². The van der Waals surface area contributed by atoms with E-state index in [2.05, 4.69) is 10.6 Å². The summed E-state index contributed by atoms with van der Waals surface area (Å²) in [5, 5.41) is 5.98. The highest BCUT2D eigenvalue weighted by Crippen LogP contribution is 2.61. The lowest BCUT2D eigenvalue weighted by Gasteiger charge is -2.56. The molecule has 4 rings (SSSR count). The molecule has 2 amide bonds. The van der Waals surface area contributed by atoms with Gasteiger partial charge in [0.15, 0.2) is 0 Å². The number of amides is 2. The van der Waals surface area contributed by atoms with Crippen molar-refractivity contribution >= 4 is 11.8 Å².